The molecule has 0 N–H and O–H groups in total. The van der Waals surface area contributed by atoms with E-state index in [1.807, 2.05) is 27.7 Å². The van der Waals surface area contributed by atoms with Gasteiger partial charge in [0.1, 0.15) is 19.8 Å². The molecule has 1 aliphatic rings. The van der Waals surface area contributed by atoms with Gasteiger partial charge >= 0.3 is 6.03 Å². The van der Waals surface area contributed by atoms with Crippen LogP contribution in [-0.2, 0) is 13.9 Å². The molecule has 1 rings (SSSR count). The van der Waals surface area contributed by atoms with Crippen LogP contribution in [0.15, 0.2) is 0 Å². The maximum absolute atomic E-state index is 12.8. The molecule has 1 heterocycles. The molecule has 1 saturated heterocycles. The Labute approximate surface area is 139 Å². The minimum atomic E-state index is -2.56. The molecule has 0 radical (unpaired) electrons. The largest absolute Gasteiger partial charge is 0.328 e. The van der Waals surface area contributed by atoms with Gasteiger partial charge in [0.2, 0.25) is 0 Å². The van der Waals surface area contributed by atoms with Crippen molar-refractivity contribution >= 4 is 26.2 Å². The molecule has 6 nitrogen and oxygen atoms in total. The second-order valence-electron chi connectivity index (χ2n) is 6.67. The maximum atomic E-state index is 12.8. The van der Waals surface area contributed by atoms with E-state index in [0.717, 1.165) is 4.90 Å². The molecular weight excluding hydrogens is 334 g/mol. The SMILES string of the molecule is CCP(=O)(CC)CN1C(=O)N(CP(=O)(CC)CC)C(C)(C)C1=O. The molecule has 0 atom stereocenters. The lowest BCUT2D eigenvalue weighted by Crippen LogP contribution is -2.44. The third-order valence-electron chi connectivity index (χ3n) is 5.01. The Morgan fingerprint density at radius 2 is 1.22 bits per heavy atom. The van der Waals surface area contributed by atoms with Gasteiger partial charge in [-0.25, -0.2) is 4.79 Å². The Balaban J connectivity index is 3.13. The Kier molecular flexibility index (Phi) is 6.32. The van der Waals surface area contributed by atoms with E-state index in [-0.39, 0.29) is 18.5 Å². The zero-order valence-electron chi connectivity index (χ0n) is 15.2. The van der Waals surface area contributed by atoms with Gasteiger partial charge in [-0.3, -0.25) is 9.69 Å². The Bertz CT molecular complexity index is 558. The predicted molar refractivity (Wildman–Crippen MR) is 95.3 cm³/mol. The van der Waals surface area contributed by atoms with Crippen LogP contribution in [0, 0.1) is 0 Å². The summed E-state index contributed by atoms with van der Waals surface area (Å²) in [6, 6.07) is -0.454. The van der Waals surface area contributed by atoms with Gasteiger partial charge in [0.15, 0.2) is 0 Å². The number of imide groups is 1. The highest BCUT2D eigenvalue weighted by molar-refractivity contribution is 7.64. The van der Waals surface area contributed by atoms with Gasteiger partial charge in [0.25, 0.3) is 5.91 Å². The number of rotatable bonds is 8. The average molecular weight is 364 g/mol. The maximum Gasteiger partial charge on any atom is 0.328 e. The topological polar surface area (TPSA) is 74.8 Å². The van der Waals surface area contributed by atoms with E-state index in [1.54, 1.807) is 13.8 Å². The summed E-state index contributed by atoms with van der Waals surface area (Å²) >= 11 is 0. The summed E-state index contributed by atoms with van der Waals surface area (Å²) < 4.78 is 25.5. The van der Waals surface area contributed by atoms with Crippen molar-refractivity contribution in [3.05, 3.63) is 0 Å². The van der Waals surface area contributed by atoms with Crippen LogP contribution in [0.2, 0.25) is 0 Å². The average Bonchev–Trinajstić information content (AvgIpc) is 2.69. The molecule has 0 aromatic rings. The Hall–Kier alpha value is -0.600. The van der Waals surface area contributed by atoms with E-state index < -0.39 is 25.9 Å². The van der Waals surface area contributed by atoms with Crippen LogP contribution in [-0.4, -0.2) is 64.5 Å². The van der Waals surface area contributed by atoms with E-state index in [1.165, 1.54) is 4.90 Å². The minimum absolute atomic E-state index is 0.0137. The van der Waals surface area contributed by atoms with Crippen molar-refractivity contribution in [3.63, 3.8) is 0 Å². The summed E-state index contributed by atoms with van der Waals surface area (Å²) in [6.45, 7) is 10.7. The lowest BCUT2D eigenvalue weighted by Gasteiger charge is -2.30. The number of amides is 3. The van der Waals surface area contributed by atoms with Gasteiger partial charge in [0, 0.05) is 0 Å². The van der Waals surface area contributed by atoms with Crippen molar-refractivity contribution in [3.8, 4) is 0 Å². The normalized spacial score (nSPS) is 18.9. The van der Waals surface area contributed by atoms with Crippen LogP contribution < -0.4 is 0 Å². The van der Waals surface area contributed by atoms with Crippen molar-refractivity contribution in [2.75, 3.05) is 37.2 Å². The quantitative estimate of drug-likeness (QED) is 0.486. The van der Waals surface area contributed by atoms with Crippen molar-refractivity contribution < 1.29 is 18.7 Å². The molecule has 0 unspecified atom stereocenters. The van der Waals surface area contributed by atoms with Crippen LogP contribution >= 0.6 is 14.3 Å². The Morgan fingerprint density at radius 3 is 1.61 bits per heavy atom. The highest BCUT2D eigenvalue weighted by Crippen LogP contribution is 2.50. The standard InChI is InChI=1S/C15H30N2O4P2/c1-7-22(20,8-2)11-16-13(18)15(5,6)17(14(16)19)12-23(21,9-3)10-4/h7-12H2,1-6H3. The summed E-state index contributed by atoms with van der Waals surface area (Å²) in [7, 11) is -5.07. The smallest absolute Gasteiger partial charge is 0.322 e. The molecule has 1 aliphatic heterocycles. The zero-order valence-corrected chi connectivity index (χ0v) is 17.0. The van der Waals surface area contributed by atoms with E-state index in [2.05, 4.69) is 0 Å². The van der Waals surface area contributed by atoms with Gasteiger partial charge in [-0.05, 0) is 38.5 Å². The van der Waals surface area contributed by atoms with Crippen LogP contribution in [0.5, 0.6) is 0 Å². The van der Waals surface area contributed by atoms with Crippen LogP contribution in [0.3, 0.4) is 0 Å². The lowest BCUT2D eigenvalue weighted by molar-refractivity contribution is -0.131. The predicted octanol–water partition coefficient (Wildman–Crippen LogP) is 3.75. The molecule has 0 aromatic heterocycles. The lowest BCUT2D eigenvalue weighted by atomic mass is 10.1. The summed E-state index contributed by atoms with van der Waals surface area (Å²) in [6.07, 6.45) is 2.02. The van der Waals surface area contributed by atoms with Gasteiger partial charge in [0.05, 0.1) is 12.6 Å². The zero-order chi connectivity index (χ0) is 18.1. The fraction of sp³-hybridized carbons (Fsp3) is 0.867. The van der Waals surface area contributed by atoms with Crippen molar-refractivity contribution in [2.24, 2.45) is 0 Å². The third kappa shape index (κ3) is 3.91. The molecule has 0 aromatic carbocycles. The summed E-state index contributed by atoms with van der Waals surface area (Å²) in [4.78, 5) is 27.9. The molecule has 3 amide bonds. The van der Waals surface area contributed by atoms with E-state index >= 15 is 0 Å². The van der Waals surface area contributed by atoms with Gasteiger partial charge in [-0.1, -0.05) is 27.7 Å². The first-order chi connectivity index (χ1) is 10.5. The van der Waals surface area contributed by atoms with Crippen LogP contribution in [0.4, 0.5) is 4.79 Å². The Morgan fingerprint density at radius 1 is 0.826 bits per heavy atom. The van der Waals surface area contributed by atoms with Crippen molar-refractivity contribution in [1.82, 2.24) is 9.80 Å². The van der Waals surface area contributed by atoms with E-state index in [0.29, 0.717) is 24.6 Å². The second kappa shape index (κ2) is 7.11. The summed E-state index contributed by atoms with van der Waals surface area (Å²) in [5.41, 5.74) is -1.04. The second-order valence-corrected chi connectivity index (χ2v) is 14.0. The molecule has 1 fully saturated rings. The van der Waals surface area contributed by atoms with Crippen molar-refractivity contribution in [2.45, 2.75) is 47.1 Å². The number of nitrogens with zero attached hydrogens (tertiary/aromatic N) is 2. The number of carbonyl (C=O) groups is 2. The number of hydrogen-bond acceptors (Lipinski definition) is 4. The van der Waals surface area contributed by atoms with Gasteiger partial charge in [-0.15, -0.1) is 0 Å². The first-order valence-corrected chi connectivity index (χ1v) is 12.8. The summed E-state index contributed by atoms with van der Waals surface area (Å²) in [5, 5.41) is 0. The molecule has 134 valence electrons. The molecule has 0 saturated carbocycles. The molecule has 0 bridgehead atoms. The van der Waals surface area contributed by atoms with E-state index in [9.17, 15) is 18.7 Å². The molecule has 8 heteroatoms. The molecular formula is C15H30N2O4P2. The highest BCUT2D eigenvalue weighted by atomic mass is 31.2. The minimum Gasteiger partial charge on any atom is -0.322 e. The first kappa shape index (κ1) is 20.4. The third-order valence-corrected chi connectivity index (χ3v) is 11.2. The fourth-order valence-corrected chi connectivity index (χ4v) is 6.09. The van der Waals surface area contributed by atoms with Gasteiger partial charge < -0.3 is 14.0 Å². The molecule has 0 spiro atoms. The summed E-state index contributed by atoms with van der Waals surface area (Å²) in [5.74, 6) is -0.344. The van der Waals surface area contributed by atoms with Crippen molar-refractivity contribution in [1.29, 1.82) is 0 Å². The first-order valence-electron chi connectivity index (χ1n) is 8.28. The number of urea groups is 1. The van der Waals surface area contributed by atoms with E-state index in [4.69, 9.17) is 0 Å². The number of carbonyl (C=O) groups excluding carboxylic acids is 2. The molecule has 0 aliphatic carbocycles. The number of hydrogen-bond donors (Lipinski definition) is 0. The monoisotopic (exact) mass is 364 g/mol. The van der Waals surface area contributed by atoms with Crippen LogP contribution in [0.25, 0.3) is 0 Å². The molecule has 23 heavy (non-hydrogen) atoms. The van der Waals surface area contributed by atoms with Gasteiger partial charge in [-0.2, -0.15) is 0 Å². The fourth-order valence-electron chi connectivity index (χ4n) is 2.64. The highest BCUT2D eigenvalue weighted by Gasteiger charge is 2.53. The van der Waals surface area contributed by atoms with Crippen LogP contribution in [0.1, 0.15) is 41.5 Å².